The summed E-state index contributed by atoms with van der Waals surface area (Å²) >= 11 is 0. The molecule has 1 saturated carbocycles. The molecule has 2 atom stereocenters. The number of carbonyl (C=O) groups excluding carboxylic acids is 2. The number of fused-ring (bicyclic) bond motifs is 2. The molecule has 2 amide bonds. The minimum absolute atomic E-state index is 0.0385. The van der Waals surface area contributed by atoms with E-state index < -0.39 is 5.91 Å². The topological polar surface area (TPSA) is 85.8 Å². The lowest BCUT2D eigenvalue weighted by atomic mass is 10.0. The molecule has 3 aliphatic rings. The first-order chi connectivity index (χ1) is 11.5. The quantitative estimate of drug-likeness (QED) is 0.625. The summed E-state index contributed by atoms with van der Waals surface area (Å²) in [6.45, 7) is 5.10. The Morgan fingerprint density at radius 3 is 3.00 bits per heavy atom. The number of hydrogen-bond donors (Lipinski definition) is 2. The second-order valence-electron chi connectivity index (χ2n) is 7.20. The van der Waals surface area contributed by atoms with E-state index in [-0.39, 0.29) is 11.4 Å². The molecule has 0 radical (unpaired) electrons. The van der Waals surface area contributed by atoms with Crippen LogP contribution < -0.4 is 5.48 Å². The van der Waals surface area contributed by atoms with Gasteiger partial charge in [-0.25, -0.2) is 5.48 Å². The summed E-state index contributed by atoms with van der Waals surface area (Å²) < 4.78 is 0. The van der Waals surface area contributed by atoms with Gasteiger partial charge in [0.25, 0.3) is 5.91 Å². The molecule has 2 aliphatic heterocycles. The van der Waals surface area contributed by atoms with Crippen LogP contribution in [0, 0.1) is 5.92 Å². The van der Waals surface area contributed by atoms with Crippen LogP contribution in [-0.4, -0.2) is 57.0 Å². The average molecular weight is 330 g/mol. The fourth-order valence-corrected chi connectivity index (χ4v) is 4.52. The van der Waals surface area contributed by atoms with Crippen molar-refractivity contribution in [2.24, 2.45) is 5.92 Å². The fourth-order valence-electron chi connectivity index (χ4n) is 4.52. The fraction of sp³-hybridized carbons (Fsp3) is 0.588. The van der Waals surface area contributed by atoms with E-state index in [0.717, 1.165) is 56.7 Å². The second-order valence-corrected chi connectivity index (χ2v) is 7.20. The van der Waals surface area contributed by atoms with E-state index in [2.05, 4.69) is 14.8 Å². The van der Waals surface area contributed by atoms with Gasteiger partial charge >= 0.3 is 0 Å². The van der Waals surface area contributed by atoms with Gasteiger partial charge in [-0.15, -0.1) is 0 Å². The minimum Gasteiger partial charge on any atom is -0.336 e. The van der Waals surface area contributed by atoms with Crippen molar-refractivity contribution in [1.82, 2.24) is 20.3 Å². The van der Waals surface area contributed by atoms with Gasteiger partial charge < -0.3 is 4.90 Å². The Bertz CT molecular complexity index is 707. The molecular formula is C17H22N4O3. The highest BCUT2D eigenvalue weighted by Gasteiger charge is 2.63. The molecule has 4 rings (SSSR count). The van der Waals surface area contributed by atoms with Crippen molar-refractivity contribution in [2.45, 2.75) is 38.3 Å². The molecule has 0 bridgehead atoms. The molecule has 2 unspecified atom stereocenters. The van der Waals surface area contributed by atoms with Crippen LogP contribution in [0.4, 0.5) is 0 Å². The smallest absolute Gasteiger partial charge is 0.276 e. The molecule has 0 aromatic carbocycles. The molecular weight excluding hydrogens is 308 g/mol. The van der Waals surface area contributed by atoms with Crippen LogP contribution in [0.1, 0.15) is 41.4 Å². The molecule has 128 valence electrons. The third-order valence-electron chi connectivity index (χ3n) is 5.80. The third kappa shape index (κ3) is 2.39. The lowest BCUT2D eigenvalue weighted by molar-refractivity contribution is -0.131. The Labute approximate surface area is 140 Å². The lowest BCUT2D eigenvalue weighted by Gasteiger charge is -2.35. The van der Waals surface area contributed by atoms with E-state index in [0.29, 0.717) is 11.5 Å². The normalized spacial score (nSPS) is 28.2. The van der Waals surface area contributed by atoms with Crippen LogP contribution in [0.5, 0.6) is 0 Å². The van der Waals surface area contributed by atoms with Crippen molar-refractivity contribution < 1.29 is 14.8 Å². The first-order valence-electron chi connectivity index (χ1n) is 8.46. The van der Waals surface area contributed by atoms with Gasteiger partial charge in [0, 0.05) is 51.4 Å². The van der Waals surface area contributed by atoms with E-state index in [1.807, 2.05) is 0 Å². The monoisotopic (exact) mass is 330 g/mol. The third-order valence-corrected chi connectivity index (χ3v) is 5.80. The Balaban J connectivity index is 1.50. The number of hydroxylamine groups is 1. The largest absolute Gasteiger partial charge is 0.336 e. The van der Waals surface area contributed by atoms with Crippen molar-refractivity contribution in [3.8, 4) is 0 Å². The van der Waals surface area contributed by atoms with Crippen molar-refractivity contribution in [3.05, 3.63) is 29.1 Å². The first-order valence-corrected chi connectivity index (χ1v) is 8.46. The summed E-state index contributed by atoms with van der Waals surface area (Å²) in [6, 6.07) is 1.81. The highest BCUT2D eigenvalue weighted by molar-refractivity contribution is 5.93. The van der Waals surface area contributed by atoms with Crippen LogP contribution in [0.15, 0.2) is 12.3 Å². The molecule has 1 saturated heterocycles. The highest BCUT2D eigenvalue weighted by atomic mass is 16.5. The summed E-state index contributed by atoms with van der Waals surface area (Å²) in [5.41, 5.74) is 4.10. The predicted molar refractivity (Wildman–Crippen MR) is 85.3 cm³/mol. The zero-order valence-electron chi connectivity index (χ0n) is 13.8. The summed E-state index contributed by atoms with van der Waals surface area (Å²) in [6.07, 6.45) is 4.58. The number of likely N-dealkylation sites (tertiary alicyclic amines) is 1. The molecule has 0 spiro atoms. The lowest BCUT2D eigenvalue weighted by Crippen LogP contribution is -2.48. The van der Waals surface area contributed by atoms with E-state index >= 15 is 0 Å². The van der Waals surface area contributed by atoms with Crippen molar-refractivity contribution in [2.75, 3.05) is 19.6 Å². The summed E-state index contributed by atoms with van der Waals surface area (Å²) in [5, 5.41) is 8.78. The van der Waals surface area contributed by atoms with Crippen LogP contribution in [-0.2, 0) is 17.8 Å². The standard InChI is InChI=1S/C17H22N4O3/c1-11(22)21-5-2-14-7-17(14,21)10-20-4-3-15-13(9-20)6-12(8-18-15)16(23)19-24/h6,8,14,24H,2-5,7,9-10H2,1H3,(H,19,23). The van der Waals surface area contributed by atoms with Crippen LogP contribution in [0.25, 0.3) is 0 Å². The predicted octanol–water partition coefficient (Wildman–Crippen LogP) is 0.570. The molecule has 2 N–H and O–H groups in total. The zero-order chi connectivity index (χ0) is 16.9. The number of piperidine rings is 1. The summed E-state index contributed by atoms with van der Waals surface area (Å²) in [4.78, 5) is 32.3. The molecule has 3 heterocycles. The number of carbonyl (C=O) groups is 2. The Kier molecular flexibility index (Phi) is 3.58. The average Bonchev–Trinajstić information content (AvgIpc) is 3.15. The Morgan fingerprint density at radius 1 is 1.46 bits per heavy atom. The molecule has 2 fully saturated rings. The summed E-state index contributed by atoms with van der Waals surface area (Å²) in [7, 11) is 0. The number of nitrogens with zero attached hydrogens (tertiary/aromatic N) is 3. The van der Waals surface area contributed by atoms with Crippen LogP contribution in [0.2, 0.25) is 0 Å². The molecule has 24 heavy (non-hydrogen) atoms. The van der Waals surface area contributed by atoms with Crippen molar-refractivity contribution in [3.63, 3.8) is 0 Å². The van der Waals surface area contributed by atoms with Crippen LogP contribution in [0.3, 0.4) is 0 Å². The maximum atomic E-state index is 11.9. The van der Waals surface area contributed by atoms with Gasteiger partial charge in [-0.05, 0) is 30.4 Å². The molecule has 1 aromatic heterocycles. The van der Waals surface area contributed by atoms with Gasteiger partial charge in [-0.3, -0.25) is 24.7 Å². The van der Waals surface area contributed by atoms with E-state index in [1.165, 1.54) is 6.20 Å². The Morgan fingerprint density at radius 2 is 2.29 bits per heavy atom. The number of aromatic nitrogens is 1. The van der Waals surface area contributed by atoms with Crippen molar-refractivity contribution >= 4 is 11.8 Å². The molecule has 1 aromatic rings. The molecule has 7 heteroatoms. The van der Waals surface area contributed by atoms with Gasteiger partial charge in [0.2, 0.25) is 5.91 Å². The van der Waals surface area contributed by atoms with E-state index in [1.54, 1.807) is 18.5 Å². The second kappa shape index (κ2) is 5.53. The highest BCUT2D eigenvalue weighted by Crippen LogP contribution is 2.56. The van der Waals surface area contributed by atoms with E-state index in [9.17, 15) is 9.59 Å². The summed E-state index contributed by atoms with van der Waals surface area (Å²) in [5.74, 6) is 0.283. The maximum Gasteiger partial charge on any atom is 0.276 e. The van der Waals surface area contributed by atoms with Gasteiger partial charge in [-0.2, -0.15) is 0 Å². The minimum atomic E-state index is -0.540. The number of hydrogen-bond acceptors (Lipinski definition) is 5. The zero-order valence-corrected chi connectivity index (χ0v) is 13.8. The van der Waals surface area contributed by atoms with E-state index in [4.69, 9.17) is 5.21 Å². The van der Waals surface area contributed by atoms with Gasteiger partial charge in [0.05, 0.1) is 11.1 Å². The van der Waals surface area contributed by atoms with Crippen LogP contribution >= 0.6 is 0 Å². The number of amides is 2. The first kappa shape index (κ1) is 15.5. The number of rotatable bonds is 3. The maximum absolute atomic E-state index is 11.9. The number of nitrogens with one attached hydrogen (secondary N) is 1. The van der Waals surface area contributed by atoms with Gasteiger partial charge in [-0.1, -0.05) is 0 Å². The Hall–Kier alpha value is -1.99. The number of pyridine rings is 1. The molecule has 1 aliphatic carbocycles. The van der Waals surface area contributed by atoms with Gasteiger partial charge in [0.1, 0.15) is 0 Å². The van der Waals surface area contributed by atoms with Crippen molar-refractivity contribution in [1.29, 1.82) is 0 Å². The SMILES string of the molecule is CC(=O)N1CCC2CC21CN1CCc2ncc(C(=O)NO)cc2C1. The molecule has 7 nitrogen and oxygen atoms in total. The van der Waals surface area contributed by atoms with Gasteiger partial charge in [0.15, 0.2) is 0 Å².